The van der Waals surface area contributed by atoms with Crippen LogP contribution in [-0.4, -0.2) is 30.0 Å². The molecule has 0 aromatic carbocycles. The molecule has 0 saturated heterocycles. The molecule has 1 rings (SSSR count). The summed E-state index contributed by atoms with van der Waals surface area (Å²) in [5.74, 6) is 0.910. The van der Waals surface area contributed by atoms with E-state index in [-0.39, 0.29) is 11.9 Å². The quantitative estimate of drug-likeness (QED) is 0.691. The van der Waals surface area contributed by atoms with E-state index in [1.165, 1.54) is 0 Å². The smallest absolute Gasteiger partial charge is 0.221 e. The Labute approximate surface area is 108 Å². The molecule has 1 aromatic rings. The zero-order valence-corrected chi connectivity index (χ0v) is 11.3. The number of hydrogen-bond acceptors (Lipinski definition) is 4. The van der Waals surface area contributed by atoms with Crippen LogP contribution in [0, 0.1) is 0 Å². The van der Waals surface area contributed by atoms with Crippen molar-refractivity contribution >= 4 is 17.4 Å². The van der Waals surface area contributed by atoms with Crippen LogP contribution in [0.3, 0.4) is 0 Å². The zero-order valence-electron chi connectivity index (χ0n) is 11.3. The van der Waals surface area contributed by atoms with E-state index < -0.39 is 0 Å². The first kappa shape index (κ1) is 14.3. The predicted octanol–water partition coefficient (Wildman–Crippen LogP) is 1.84. The Morgan fingerprint density at radius 1 is 1.39 bits per heavy atom. The van der Waals surface area contributed by atoms with E-state index in [9.17, 15) is 4.79 Å². The Morgan fingerprint density at radius 2 is 2.17 bits per heavy atom. The Kier molecular flexibility index (Phi) is 5.97. The van der Waals surface area contributed by atoms with E-state index in [4.69, 9.17) is 0 Å². The van der Waals surface area contributed by atoms with Crippen molar-refractivity contribution in [1.82, 2.24) is 10.3 Å². The molecule has 1 aromatic heterocycles. The first-order valence-electron chi connectivity index (χ1n) is 6.35. The van der Waals surface area contributed by atoms with Gasteiger partial charge >= 0.3 is 0 Å². The van der Waals surface area contributed by atoms with Crippen molar-refractivity contribution in [1.29, 1.82) is 0 Å². The summed E-state index contributed by atoms with van der Waals surface area (Å²) in [7, 11) is 0. The Morgan fingerprint density at radius 3 is 2.83 bits per heavy atom. The van der Waals surface area contributed by atoms with Crippen molar-refractivity contribution in [2.24, 2.45) is 0 Å². The van der Waals surface area contributed by atoms with Crippen LogP contribution in [0.15, 0.2) is 18.3 Å². The van der Waals surface area contributed by atoms with Crippen molar-refractivity contribution in [3.05, 3.63) is 18.3 Å². The molecule has 0 aliphatic carbocycles. The van der Waals surface area contributed by atoms with Gasteiger partial charge in [-0.2, -0.15) is 0 Å². The lowest BCUT2D eigenvalue weighted by Gasteiger charge is -2.10. The Bertz CT molecular complexity index is 379. The van der Waals surface area contributed by atoms with E-state index in [1.807, 2.05) is 32.9 Å². The van der Waals surface area contributed by atoms with Gasteiger partial charge in [0.05, 0.1) is 0 Å². The second-order valence-electron chi connectivity index (χ2n) is 4.36. The van der Waals surface area contributed by atoms with Crippen LogP contribution in [0.1, 0.15) is 27.2 Å². The van der Waals surface area contributed by atoms with Gasteiger partial charge in [-0.1, -0.05) is 0 Å². The van der Waals surface area contributed by atoms with E-state index in [1.54, 1.807) is 6.20 Å². The zero-order chi connectivity index (χ0) is 13.4. The van der Waals surface area contributed by atoms with Gasteiger partial charge in [-0.15, -0.1) is 0 Å². The molecule has 0 fully saturated rings. The third kappa shape index (κ3) is 5.52. The second-order valence-corrected chi connectivity index (χ2v) is 4.36. The summed E-state index contributed by atoms with van der Waals surface area (Å²) >= 11 is 0. The fourth-order valence-electron chi connectivity index (χ4n) is 1.53. The number of nitrogens with one attached hydrogen (secondary N) is 3. The minimum Gasteiger partial charge on any atom is -0.384 e. The molecular formula is C13H22N4O. The van der Waals surface area contributed by atoms with Crippen LogP contribution in [0.5, 0.6) is 0 Å². The average molecular weight is 250 g/mol. The number of amides is 1. The number of anilines is 2. The monoisotopic (exact) mass is 250 g/mol. The van der Waals surface area contributed by atoms with Crippen molar-refractivity contribution < 1.29 is 4.79 Å². The molecule has 0 saturated carbocycles. The number of aromatic nitrogens is 1. The number of carbonyl (C=O) groups is 1. The van der Waals surface area contributed by atoms with Crippen LogP contribution in [0.25, 0.3) is 0 Å². The molecule has 0 aliphatic rings. The van der Waals surface area contributed by atoms with Gasteiger partial charge in [-0.3, -0.25) is 4.79 Å². The van der Waals surface area contributed by atoms with Gasteiger partial charge in [-0.25, -0.2) is 4.98 Å². The normalized spacial score (nSPS) is 10.2. The lowest BCUT2D eigenvalue weighted by molar-refractivity contribution is -0.121. The third-order valence-electron chi connectivity index (χ3n) is 2.25. The predicted molar refractivity (Wildman–Crippen MR) is 74.8 cm³/mol. The van der Waals surface area contributed by atoms with Crippen molar-refractivity contribution in [3.8, 4) is 0 Å². The van der Waals surface area contributed by atoms with Gasteiger partial charge in [0.1, 0.15) is 5.82 Å². The fraction of sp³-hybridized carbons (Fsp3) is 0.538. The summed E-state index contributed by atoms with van der Waals surface area (Å²) in [5, 5.41) is 9.21. The molecule has 18 heavy (non-hydrogen) atoms. The molecule has 0 aliphatic heterocycles. The third-order valence-corrected chi connectivity index (χ3v) is 2.25. The largest absolute Gasteiger partial charge is 0.384 e. The molecule has 0 unspecified atom stereocenters. The molecule has 5 heteroatoms. The molecule has 100 valence electrons. The highest BCUT2D eigenvalue weighted by molar-refractivity contribution is 5.76. The number of carbonyl (C=O) groups excluding carboxylic acids is 1. The molecule has 0 atom stereocenters. The van der Waals surface area contributed by atoms with E-state index >= 15 is 0 Å². The molecule has 0 bridgehead atoms. The minimum atomic E-state index is 0.0680. The highest BCUT2D eigenvalue weighted by Gasteiger charge is 2.02. The summed E-state index contributed by atoms with van der Waals surface area (Å²) in [5.41, 5.74) is 0.971. The number of rotatable bonds is 7. The van der Waals surface area contributed by atoms with Crippen LogP contribution in [0.4, 0.5) is 11.5 Å². The topological polar surface area (TPSA) is 66.0 Å². The Hall–Kier alpha value is -1.78. The molecule has 0 radical (unpaired) electrons. The highest BCUT2D eigenvalue weighted by Crippen LogP contribution is 2.11. The summed E-state index contributed by atoms with van der Waals surface area (Å²) < 4.78 is 0. The van der Waals surface area contributed by atoms with Crippen molar-refractivity contribution in [2.45, 2.75) is 33.2 Å². The summed E-state index contributed by atoms with van der Waals surface area (Å²) in [4.78, 5) is 15.6. The number of nitrogens with zero attached hydrogens (tertiary/aromatic N) is 1. The van der Waals surface area contributed by atoms with Crippen LogP contribution >= 0.6 is 0 Å². The first-order valence-corrected chi connectivity index (χ1v) is 6.35. The van der Waals surface area contributed by atoms with Crippen LogP contribution < -0.4 is 16.0 Å². The molecular weight excluding hydrogens is 228 g/mol. The lowest BCUT2D eigenvalue weighted by Crippen LogP contribution is -2.31. The number of hydrogen-bond donors (Lipinski definition) is 3. The summed E-state index contributed by atoms with van der Waals surface area (Å²) in [6.45, 7) is 7.40. The SMILES string of the molecule is CCNc1cc(NCCC(=O)NC(C)C)ccn1. The molecule has 5 nitrogen and oxygen atoms in total. The average Bonchev–Trinajstić information content (AvgIpc) is 2.29. The van der Waals surface area contributed by atoms with E-state index in [0.29, 0.717) is 13.0 Å². The van der Waals surface area contributed by atoms with Gasteiger partial charge < -0.3 is 16.0 Å². The van der Waals surface area contributed by atoms with Gasteiger partial charge in [0.15, 0.2) is 0 Å². The molecule has 1 amide bonds. The van der Waals surface area contributed by atoms with Gasteiger partial charge in [0, 0.05) is 43.5 Å². The first-order chi connectivity index (χ1) is 8.61. The van der Waals surface area contributed by atoms with Crippen molar-refractivity contribution in [3.63, 3.8) is 0 Å². The lowest BCUT2D eigenvalue weighted by atomic mass is 10.3. The second kappa shape index (κ2) is 7.53. The maximum Gasteiger partial charge on any atom is 0.221 e. The summed E-state index contributed by atoms with van der Waals surface area (Å²) in [6.07, 6.45) is 2.21. The molecule has 0 spiro atoms. The highest BCUT2D eigenvalue weighted by atomic mass is 16.1. The van der Waals surface area contributed by atoms with E-state index in [0.717, 1.165) is 18.1 Å². The van der Waals surface area contributed by atoms with Gasteiger partial charge in [0.2, 0.25) is 5.91 Å². The van der Waals surface area contributed by atoms with Crippen LogP contribution in [0.2, 0.25) is 0 Å². The summed E-state index contributed by atoms with van der Waals surface area (Å²) in [6, 6.07) is 4.02. The fourth-order valence-corrected chi connectivity index (χ4v) is 1.53. The van der Waals surface area contributed by atoms with Gasteiger partial charge in [-0.05, 0) is 26.8 Å². The molecule has 3 N–H and O–H groups in total. The van der Waals surface area contributed by atoms with Gasteiger partial charge in [0.25, 0.3) is 0 Å². The van der Waals surface area contributed by atoms with Crippen LogP contribution in [-0.2, 0) is 4.79 Å². The minimum absolute atomic E-state index is 0.0680. The van der Waals surface area contributed by atoms with Crippen molar-refractivity contribution in [2.75, 3.05) is 23.7 Å². The maximum absolute atomic E-state index is 11.4. The maximum atomic E-state index is 11.4. The standard InChI is InChI=1S/C13H22N4O/c1-4-14-12-9-11(5-7-16-12)15-8-6-13(18)17-10(2)3/h5,7,9-10H,4,6,8H2,1-3H3,(H,17,18)(H2,14,15,16). The van der Waals surface area contributed by atoms with E-state index in [2.05, 4.69) is 20.9 Å². The molecule has 1 heterocycles. The number of pyridine rings is 1. The Balaban J connectivity index is 2.34.